The fourth-order valence-corrected chi connectivity index (χ4v) is 2.00. The van der Waals surface area contributed by atoms with E-state index in [-0.39, 0.29) is 30.4 Å². The summed E-state index contributed by atoms with van der Waals surface area (Å²) < 4.78 is 4.98. The molecule has 0 heterocycles. The van der Waals surface area contributed by atoms with Crippen LogP contribution in [-0.4, -0.2) is 18.5 Å². The van der Waals surface area contributed by atoms with Gasteiger partial charge in [-0.3, -0.25) is 9.59 Å². The van der Waals surface area contributed by atoms with Crippen LogP contribution >= 0.6 is 0 Å². The summed E-state index contributed by atoms with van der Waals surface area (Å²) in [4.78, 5) is 23.1. The second kappa shape index (κ2) is 5.87. The van der Waals surface area contributed by atoms with Crippen molar-refractivity contribution in [2.24, 2.45) is 11.8 Å². The zero-order valence-corrected chi connectivity index (χ0v) is 11.3. The van der Waals surface area contributed by atoms with E-state index < -0.39 is 0 Å². The van der Waals surface area contributed by atoms with Crippen LogP contribution in [0.2, 0.25) is 0 Å². The Labute approximate surface area is 113 Å². The quantitative estimate of drug-likeness (QED) is 0.825. The summed E-state index contributed by atoms with van der Waals surface area (Å²) in [6, 6.07) is 9.58. The van der Waals surface area contributed by atoms with E-state index in [1.807, 2.05) is 44.2 Å². The van der Waals surface area contributed by atoms with E-state index >= 15 is 0 Å². The molecule has 19 heavy (non-hydrogen) atoms. The zero-order chi connectivity index (χ0) is 13.8. The van der Waals surface area contributed by atoms with Crippen molar-refractivity contribution in [3.8, 4) is 0 Å². The minimum atomic E-state index is -0.266. The molecule has 0 aliphatic heterocycles. The summed E-state index contributed by atoms with van der Waals surface area (Å²) in [5.41, 5.74) is 1.03. The van der Waals surface area contributed by atoms with Crippen molar-refractivity contribution in [2.45, 2.75) is 26.3 Å². The number of carbonyl (C=O) groups excluding carboxylic acids is 2. The van der Waals surface area contributed by atoms with Crippen LogP contribution in [0.5, 0.6) is 0 Å². The van der Waals surface area contributed by atoms with Gasteiger partial charge in [0.25, 0.3) is 5.91 Å². The summed E-state index contributed by atoms with van der Waals surface area (Å²) in [6.45, 7) is 3.71. The molecule has 1 aliphatic rings. The highest BCUT2D eigenvalue weighted by atomic mass is 16.5. The molecular formula is C15H19NO3. The van der Waals surface area contributed by atoms with Gasteiger partial charge >= 0.3 is 5.97 Å². The molecular weight excluding hydrogens is 242 g/mol. The number of benzene rings is 1. The lowest BCUT2D eigenvalue weighted by molar-refractivity contribution is -0.150. The molecule has 1 aliphatic carbocycles. The van der Waals surface area contributed by atoms with Crippen molar-refractivity contribution in [1.29, 1.82) is 0 Å². The molecule has 1 fully saturated rings. The molecule has 0 unspecified atom stereocenters. The molecule has 1 aromatic carbocycles. The topological polar surface area (TPSA) is 55.4 Å². The second-order valence-corrected chi connectivity index (χ2v) is 5.13. The molecule has 102 valence electrons. The molecule has 4 heteroatoms. The molecule has 3 atom stereocenters. The van der Waals surface area contributed by atoms with Crippen LogP contribution in [0.25, 0.3) is 0 Å². The number of hydrogen-bond donors (Lipinski definition) is 1. The van der Waals surface area contributed by atoms with Gasteiger partial charge in [-0.15, -0.1) is 0 Å². The van der Waals surface area contributed by atoms with Gasteiger partial charge in [-0.05, 0) is 24.8 Å². The lowest BCUT2D eigenvalue weighted by atomic mass is 10.1. The van der Waals surface area contributed by atoms with Crippen molar-refractivity contribution in [3.63, 3.8) is 0 Å². The van der Waals surface area contributed by atoms with Crippen molar-refractivity contribution in [2.75, 3.05) is 6.61 Å². The Morgan fingerprint density at radius 3 is 2.58 bits per heavy atom. The Kier molecular flexibility index (Phi) is 4.20. The number of amides is 1. The monoisotopic (exact) mass is 261 g/mol. The average molecular weight is 261 g/mol. The van der Waals surface area contributed by atoms with Crippen LogP contribution in [0.3, 0.4) is 0 Å². The van der Waals surface area contributed by atoms with Crippen LogP contribution in [-0.2, 0) is 14.3 Å². The molecule has 1 saturated carbocycles. The van der Waals surface area contributed by atoms with E-state index in [4.69, 9.17) is 4.74 Å². The van der Waals surface area contributed by atoms with Gasteiger partial charge < -0.3 is 10.1 Å². The summed E-state index contributed by atoms with van der Waals surface area (Å²) >= 11 is 0. The standard InChI is InChI=1S/C15H19NO3/c1-10-8-13(10)15(18)19-9-14(17)16-11(2)12-6-4-3-5-7-12/h3-7,10-11,13H,8-9H2,1-2H3,(H,16,17)/t10-,11+,13-/m0/s1. The van der Waals surface area contributed by atoms with Crippen molar-refractivity contribution in [1.82, 2.24) is 5.32 Å². The van der Waals surface area contributed by atoms with Crippen molar-refractivity contribution >= 4 is 11.9 Å². The Morgan fingerprint density at radius 2 is 2.00 bits per heavy atom. The summed E-state index contributed by atoms with van der Waals surface area (Å²) in [6.07, 6.45) is 0.876. The van der Waals surface area contributed by atoms with Gasteiger partial charge in [-0.2, -0.15) is 0 Å². The van der Waals surface area contributed by atoms with Crippen LogP contribution in [0.15, 0.2) is 30.3 Å². The highest BCUT2D eigenvalue weighted by molar-refractivity contribution is 5.82. The summed E-state index contributed by atoms with van der Waals surface area (Å²) in [5.74, 6) is -0.119. The molecule has 1 N–H and O–H groups in total. The number of esters is 1. The first-order chi connectivity index (χ1) is 9.08. The number of carbonyl (C=O) groups is 2. The highest BCUT2D eigenvalue weighted by Gasteiger charge is 2.40. The van der Waals surface area contributed by atoms with Gasteiger partial charge in [0.15, 0.2) is 6.61 Å². The van der Waals surface area contributed by atoms with Crippen LogP contribution in [0.4, 0.5) is 0 Å². The Bertz CT molecular complexity index is 458. The zero-order valence-electron chi connectivity index (χ0n) is 11.3. The Hall–Kier alpha value is -1.84. The maximum absolute atomic E-state index is 11.7. The first kappa shape index (κ1) is 13.6. The molecule has 2 rings (SSSR count). The molecule has 1 amide bonds. The maximum Gasteiger partial charge on any atom is 0.309 e. The third kappa shape index (κ3) is 3.81. The number of hydrogen-bond acceptors (Lipinski definition) is 3. The van der Waals surface area contributed by atoms with Gasteiger partial charge in [0.05, 0.1) is 12.0 Å². The first-order valence-electron chi connectivity index (χ1n) is 6.59. The van der Waals surface area contributed by atoms with Gasteiger partial charge in [0.1, 0.15) is 0 Å². The average Bonchev–Trinajstić information content (AvgIpc) is 3.14. The largest absolute Gasteiger partial charge is 0.455 e. The maximum atomic E-state index is 11.7. The Balaban J connectivity index is 1.73. The van der Waals surface area contributed by atoms with Gasteiger partial charge in [-0.1, -0.05) is 37.3 Å². The number of nitrogens with one attached hydrogen (secondary N) is 1. The predicted octanol–water partition coefficient (Wildman–Crippen LogP) is 2.06. The molecule has 0 aromatic heterocycles. The molecule has 0 spiro atoms. The minimum Gasteiger partial charge on any atom is -0.455 e. The molecule has 0 saturated heterocycles. The van der Waals surface area contributed by atoms with E-state index in [0.29, 0.717) is 5.92 Å². The summed E-state index contributed by atoms with van der Waals surface area (Å²) in [7, 11) is 0. The third-order valence-corrected chi connectivity index (χ3v) is 3.43. The molecule has 4 nitrogen and oxygen atoms in total. The molecule has 0 radical (unpaired) electrons. The van der Waals surface area contributed by atoms with Gasteiger partial charge in [0.2, 0.25) is 0 Å². The SMILES string of the molecule is C[C@@H](NC(=O)COC(=O)[C@H]1C[C@@H]1C)c1ccccc1. The van der Waals surface area contributed by atoms with Gasteiger partial charge in [0, 0.05) is 0 Å². The predicted molar refractivity (Wildman–Crippen MR) is 71.2 cm³/mol. The summed E-state index contributed by atoms with van der Waals surface area (Å²) in [5, 5.41) is 2.81. The van der Waals surface area contributed by atoms with Crippen molar-refractivity contribution < 1.29 is 14.3 Å². The lowest BCUT2D eigenvalue weighted by Crippen LogP contribution is -2.31. The number of rotatable bonds is 5. The van der Waals surface area contributed by atoms with E-state index in [0.717, 1.165) is 12.0 Å². The van der Waals surface area contributed by atoms with Crippen LogP contribution < -0.4 is 5.32 Å². The van der Waals surface area contributed by atoms with E-state index in [9.17, 15) is 9.59 Å². The van der Waals surface area contributed by atoms with Gasteiger partial charge in [-0.25, -0.2) is 0 Å². The van der Waals surface area contributed by atoms with E-state index in [1.54, 1.807) is 0 Å². The minimum absolute atomic E-state index is 0.000605. The van der Waals surface area contributed by atoms with Crippen molar-refractivity contribution in [3.05, 3.63) is 35.9 Å². The van der Waals surface area contributed by atoms with E-state index in [1.165, 1.54) is 0 Å². The second-order valence-electron chi connectivity index (χ2n) is 5.13. The first-order valence-corrected chi connectivity index (χ1v) is 6.59. The fourth-order valence-electron chi connectivity index (χ4n) is 2.00. The lowest BCUT2D eigenvalue weighted by Gasteiger charge is -2.14. The Morgan fingerprint density at radius 1 is 1.37 bits per heavy atom. The van der Waals surface area contributed by atoms with E-state index in [2.05, 4.69) is 5.32 Å². The third-order valence-electron chi connectivity index (χ3n) is 3.43. The number of ether oxygens (including phenoxy) is 1. The fraction of sp³-hybridized carbons (Fsp3) is 0.467. The molecule has 0 bridgehead atoms. The highest BCUT2D eigenvalue weighted by Crippen LogP contribution is 2.38. The molecule has 1 aromatic rings. The smallest absolute Gasteiger partial charge is 0.309 e. The van der Waals surface area contributed by atoms with Crippen LogP contribution in [0, 0.1) is 11.8 Å². The van der Waals surface area contributed by atoms with Crippen LogP contribution in [0.1, 0.15) is 31.9 Å². The normalized spacial score (nSPS) is 22.4.